The molecule has 0 rings (SSSR count). The molecule has 28 heavy (non-hydrogen) atoms. The van der Waals surface area contributed by atoms with Crippen LogP contribution in [0.1, 0.15) is 164 Å². The van der Waals surface area contributed by atoms with Crippen LogP contribution in [0.2, 0.25) is 0 Å². The van der Waals surface area contributed by atoms with Gasteiger partial charge in [0, 0.05) is 6.42 Å². The van der Waals surface area contributed by atoms with Crippen molar-refractivity contribution in [2.24, 2.45) is 0 Å². The van der Waals surface area contributed by atoms with Crippen LogP contribution in [0.25, 0.3) is 0 Å². The van der Waals surface area contributed by atoms with Crippen LogP contribution in [0.5, 0.6) is 0 Å². The molecule has 0 unspecified atom stereocenters. The predicted molar refractivity (Wildman–Crippen MR) is 130 cm³/mol. The van der Waals surface area contributed by atoms with E-state index < -0.39 is 5.97 Å². The van der Waals surface area contributed by atoms with E-state index in [1.807, 2.05) is 0 Å². The van der Waals surface area contributed by atoms with E-state index in [0.29, 0.717) is 6.42 Å². The molecule has 0 aromatic carbocycles. The number of unbranched alkanes of at least 4 members (excludes halogenated alkanes) is 13. The van der Waals surface area contributed by atoms with E-state index >= 15 is 0 Å². The standard InChI is InChI=1S/C8H16O2.3C6H14/c1-2-3-4-5-6-7-8(9)10;3*1-3-5-6-4-2/h2-7H2,1H3,(H,9,10);3*3-6H2,1-2H3. The van der Waals surface area contributed by atoms with E-state index in [9.17, 15) is 4.79 Å². The van der Waals surface area contributed by atoms with Gasteiger partial charge in [0.05, 0.1) is 0 Å². The molecule has 0 aliphatic rings. The van der Waals surface area contributed by atoms with Gasteiger partial charge in [0.2, 0.25) is 0 Å². The lowest BCUT2D eigenvalue weighted by molar-refractivity contribution is -0.137. The fourth-order valence-electron chi connectivity index (χ4n) is 2.38. The summed E-state index contributed by atoms with van der Waals surface area (Å²) in [7, 11) is 0. The maximum Gasteiger partial charge on any atom is 0.303 e. The zero-order valence-corrected chi connectivity index (χ0v) is 21.1. The summed E-state index contributed by atoms with van der Waals surface area (Å²) in [6.07, 6.45) is 22.5. The number of carboxylic acids is 1. The van der Waals surface area contributed by atoms with Gasteiger partial charge >= 0.3 is 5.97 Å². The summed E-state index contributed by atoms with van der Waals surface area (Å²) in [5.74, 6) is -0.670. The second kappa shape index (κ2) is 41.0. The fraction of sp³-hybridized carbons (Fsp3) is 0.962. The van der Waals surface area contributed by atoms with E-state index in [2.05, 4.69) is 48.5 Å². The first-order chi connectivity index (χ1) is 13.5. The normalized spacial score (nSPS) is 9.25. The molecule has 174 valence electrons. The highest BCUT2D eigenvalue weighted by Gasteiger charge is 1.94. The lowest BCUT2D eigenvalue weighted by Gasteiger charge is -1.95. The molecule has 2 nitrogen and oxygen atoms in total. The summed E-state index contributed by atoms with van der Waals surface area (Å²) in [6.45, 7) is 15.5. The molecule has 0 bridgehead atoms. The van der Waals surface area contributed by atoms with Crippen LogP contribution in [-0.4, -0.2) is 11.1 Å². The molecule has 0 saturated heterocycles. The van der Waals surface area contributed by atoms with Crippen LogP contribution in [0.4, 0.5) is 0 Å². The minimum absolute atomic E-state index is 0.337. The molecule has 0 aromatic rings. The highest BCUT2D eigenvalue weighted by atomic mass is 16.4. The Hall–Kier alpha value is -0.530. The third-order valence-electron chi connectivity index (χ3n) is 4.37. The lowest BCUT2D eigenvalue weighted by Crippen LogP contribution is -1.93. The van der Waals surface area contributed by atoms with Gasteiger partial charge in [-0.25, -0.2) is 0 Å². The maximum atomic E-state index is 10.0. The summed E-state index contributed by atoms with van der Waals surface area (Å²) >= 11 is 0. The van der Waals surface area contributed by atoms with Crippen molar-refractivity contribution in [3.05, 3.63) is 0 Å². The van der Waals surface area contributed by atoms with Crippen LogP contribution in [0.15, 0.2) is 0 Å². The first kappa shape index (κ1) is 34.9. The Bertz CT molecular complexity index is 195. The van der Waals surface area contributed by atoms with Crippen molar-refractivity contribution in [2.45, 2.75) is 164 Å². The number of carbonyl (C=O) groups is 1. The van der Waals surface area contributed by atoms with E-state index in [4.69, 9.17) is 5.11 Å². The molecule has 0 atom stereocenters. The average Bonchev–Trinajstić information content (AvgIpc) is 2.70. The van der Waals surface area contributed by atoms with E-state index in [1.54, 1.807) is 0 Å². The summed E-state index contributed by atoms with van der Waals surface area (Å²) in [4.78, 5) is 10.0. The molecule has 0 heterocycles. The second-order valence-electron chi connectivity index (χ2n) is 7.68. The molecular weight excluding hydrogens is 344 g/mol. The fourth-order valence-corrected chi connectivity index (χ4v) is 2.38. The molecule has 0 aromatic heterocycles. The molecule has 1 N–H and O–H groups in total. The van der Waals surface area contributed by atoms with Crippen LogP contribution in [-0.2, 0) is 4.79 Å². The summed E-state index contributed by atoms with van der Waals surface area (Å²) in [5, 5.41) is 8.27. The highest BCUT2D eigenvalue weighted by molar-refractivity contribution is 5.66. The summed E-state index contributed by atoms with van der Waals surface area (Å²) in [6, 6.07) is 0. The molecule has 0 amide bonds. The first-order valence-electron chi connectivity index (χ1n) is 12.7. The lowest BCUT2D eigenvalue weighted by atomic mass is 10.1. The first-order valence-corrected chi connectivity index (χ1v) is 12.7. The van der Waals surface area contributed by atoms with E-state index in [1.165, 1.54) is 96.3 Å². The number of rotatable bonds is 15. The Morgan fingerprint density at radius 3 is 0.857 bits per heavy atom. The Morgan fingerprint density at radius 2 is 0.643 bits per heavy atom. The van der Waals surface area contributed by atoms with Gasteiger partial charge in [-0.05, 0) is 6.42 Å². The smallest absolute Gasteiger partial charge is 0.303 e. The van der Waals surface area contributed by atoms with Crippen molar-refractivity contribution in [1.82, 2.24) is 0 Å². The number of hydrogen-bond acceptors (Lipinski definition) is 1. The molecule has 0 aliphatic carbocycles. The van der Waals surface area contributed by atoms with Crippen molar-refractivity contribution in [2.75, 3.05) is 0 Å². The van der Waals surface area contributed by atoms with Gasteiger partial charge in [0.1, 0.15) is 0 Å². The van der Waals surface area contributed by atoms with Gasteiger partial charge in [-0.1, -0.05) is 151 Å². The molecule has 2 heteroatoms. The quantitative estimate of drug-likeness (QED) is 0.276. The van der Waals surface area contributed by atoms with Crippen molar-refractivity contribution in [3.63, 3.8) is 0 Å². The number of carboxylic acid groups (broad SMARTS) is 1. The van der Waals surface area contributed by atoms with Gasteiger partial charge in [-0.2, -0.15) is 0 Å². The van der Waals surface area contributed by atoms with Crippen molar-refractivity contribution < 1.29 is 9.90 Å². The van der Waals surface area contributed by atoms with Crippen molar-refractivity contribution in [1.29, 1.82) is 0 Å². The molecule has 0 aliphatic heterocycles. The van der Waals surface area contributed by atoms with E-state index in [-0.39, 0.29) is 0 Å². The molecular formula is C26H58O2. The Balaban J connectivity index is -0.000000142. The van der Waals surface area contributed by atoms with Gasteiger partial charge in [0.25, 0.3) is 0 Å². The van der Waals surface area contributed by atoms with Gasteiger partial charge < -0.3 is 5.11 Å². The average molecular weight is 403 g/mol. The summed E-state index contributed by atoms with van der Waals surface area (Å²) in [5.41, 5.74) is 0. The Kier molecular flexibility index (Phi) is 51.1. The van der Waals surface area contributed by atoms with Crippen LogP contribution in [0.3, 0.4) is 0 Å². The van der Waals surface area contributed by atoms with Crippen LogP contribution >= 0.6 is 0 Å². The van der Waals surface area contributed by atoms with Crippen LogP contribution in [0, 0.1) is 0 Å². The minimum Gasteiger partial charge on any atom is -0.481 e. The highest BCUT2D eigenvalue weighted by Crippen LogP contribution is 2.04. The van der Waals surface area contributed by atoms with Gasteiger partial charge in [-0.3, -0.25) is 4.79 Å². The predicted octanol–water partition coefficient (Wildman–Crippen LogP) is 10.2. The van der Waals surface area contributed by atoms with Gasteiger partial charge in [-0.15, -0.1) is 0 Å². The van der Waals surface area contributed by atoms with Gasteiger partial charge in [0.15, 0.2) is 0 Å². The Morgan fingerprint density at radius 1 is 0.429 bits per heavy atom. The number of hydrogen-bond donors (Lipinski definition) is 1. The molecule has 0 radical (unpaired) electrons. The molecule has 0 fully saturated rings. The SMILES string of the molecule is CCCCCC.CCCCCC.CCCCCC.CCCCCCCC(=O)O. The molecule has 0 saturated carbocycles. The monoisotopic (exact) mass is 402 g/mol. The minimum atomic E-state index is -0.670. The van der Waals surface area contributed by atoms with Crippen LogP contribution < -0.4 is 0 Å². The third-order valence-corrected chi connectivity index (χ3v) is 4.37. The largest absolute Gasteiger partial charge is 0.481 e. The number of aliphatic carboxylic acids is 1. The zero-order chi connectivity index (χ0) is 22.3. The zero-order valence-electron chi connectivity index (χ0n) is 21.1. The molecule has 0 spiro atoms. The maximum absolute atomic E-state index is 10.0. The van der Waals surface area contributed by atoms with Crippen molar-refractivity contribution >= 4 is 5.97 Å². The topological polar surface area (TPSA) is 37.3 Å². The Labute approximate surface area is 180 Å². The van der Waals surface area contributed by atoms with Crippen molar-refractivity contribution in [3.8, 4) is 0 Å². The van der Waals surface area contributed by atoms with E-state index in [0.717, 1.165) is 12.8 Å². The summed E-state index contributed by atoms with van der Waals surface area (Å²) < 4.78 is 0. The third kappa shape index (κ3) is 63.7. The second-order valence-corrected chi connectivity index (χ2v) is 7.68.